The van der Waals surface area contributed by atoms with E-state index in [1.165, 1.54) is 0 Å². The van der Waals surface area contributed by atoms with Crippen molar-refractivity contribution in [2.24, 2.45) is 0 Å². The van der Waals surface area contributed by atoms with E-state index in [1.54, 1.807) is 6.07 Å². The van der Waals surface area contributed by atoms with Gasteiger partial charge in [-0.2, -0.15) is 13.2 Å². The fourth-order valence-corrected chi connectivity index (χ4v) is 1.96. The molecule has 0 bridgehead atoms. The average molecular weight is 341 g/mol. The average Bonchev–Trinajstić information content (AvgIpc) is 2.26. The molecule has 0 spiro atoms. The van der Waals surface area contributed by atoms with Crippen LogP contribution >= 0.6 is 15.9 Å². The van der Waals surface area contributed by atoms with Gasteiger partial charge in [0.25, 0.3) is 0 Å². The van der Waals surface area contributed by atoms with Crippen molar-refractivity contribution in [3.05, 3.63) is 22.7 Å². The first-order valence-corrected chi connectivity index (χ1v) is 6.49. The van der Waals surface area contributed by atoms with Crippen LogP contribution in [0.25, 0.3) is 0 Å². The monoisotopic (exact) mass is 340 g/mol. The molecule has 0 atom stereocenters. The molecule has 0 saturated carbocycles. The maximum absolute atomic E-state index is 11.8. The van der Waals surface area contributed by atoms with Crippen LogP contribution in [0.5, 0.6) is 0 Å². The Kier molecular flexibility index (Phi) is 5.93. The number of ether oxygens (including phenoxy) is 1. The molecule has 0 heterocycles. The van der Waals surface area contributed by atoms with E-state index in [2.05, 4.69) is 20.7 Å². The van der Waals surface area contributed by atoms with Gasteiger partial charge in [-0.25, -0.2) is 0 Å². The van der Waals surface area contributed by atoms with Gasteiger partial charge in [-0.05, 0) is 24.6 Å². The molecule has 0 aromatic heterocycles. The SMILES string of the molecule is CN(CCCOCC(F)(F)F)c1ccc(Br)cc1N. The molecule has 0 aliphatic heterocycles. The highest BCUT2D eigenvalue weighted by Gasteiger charge is 2.27. The Morgan fingerprint density at radius 1 is 1.37 bits per heavy atom. The number of alkyl halides is 3. The summed E-state index contributed by atoms with van der Waals surface area (Å²) >= 11 is 3.31. The van der Waals surface area contributed by atoms with E-state index in [4.69, 9.17) is 5.73 Å². The second-order valence-electron chi connectivity index (χ2n) is 4.15. The summed E-state index contributed by atoms with van der Waals surface area (Å²) in [5.74, 6) is 0. The van der Waals surface area contributed by atoms with Crippen LogP contribution in [0.3, 0.4) is 0 Å². The zero-order valence-electron chi connectivity index (χ0n) is 10.5. The van der Waals surface area contributed by atoms with Crippen molar-refractivity contribution in [1.29, 1.82) is 0 Å². The molecule has 2 N–H and O–H groups in total. The number of hydrogen-bond donors (Lipinski definition) is 1. The number of hydrogen-bond acceptors (Lipinski definition) is 3. The predicted octanol–water partition coefficient (Wildman–Crippen LogP) is 3.44. The molecule has 1 aromatic rings. The summed E-state index contributed by atoms with van der Waals surface area (Å²) < 4.78 is 41.0. The fourth-order valence-electron chi connectivity index (χ4n) is 1.59. The van der Waals surface area contributed by atoms with E-state index < -0.39 is 12.8 Å². The standard InChI is InChI=1S/C12H16BrF3N2O/c1-18(5-2-6-19-8-12(14,15)16)11-4-3-9(13)7-10(11)17/h3-4,7H,2,5-6,8,17H2,1H3. The number of benzene rings is 1. The molecule has 0 amide bonds. The van der Waals surface area contributed by atoms with Gasteiger partial charge in [0.2, 0.25) is 0 Å². The first-order valence-electron chi connectivity index (χ1n) is 5.70. The number of halogens is 4. The molecule has 0 aliphatic carbocycles. The highest BCUT2D eigenvalue weighted by Crippen LogP contribution is 2.25. The maximum atomic E-state index is 11.8. The van der Waals surface area contributed by atoms with Gasteiger partial charge < -0.3 is 15.4 Å². The highest BCUT2D eigenvalue weighted by molar-refractivity contribution is 9.10. The number of nitrogens with two attached hydrogens (primary N) is 1. The minimum atomic E-state index is -4.26. The molecule has 3 nitrogen and oxygen atoms in total. The number of rotatable bonds is 6. The second-order valence-corrected chi connectivity index (χ2v) is 5.06. The van der Waals surface area contributed by atoms with Gasteiger partial charge in [0.15, 0.2) is 0 Å². The van der Waals surface area contributed by atoms with Crippen molar-refractivity contribution >= 4 is 27.3 Å². The molecule has 19 heavy (non-hydrogen) atoms. The Bertz CT molecular complexity index is 412. The normalized spacial score (nSPS) is 11.6. The smallest absolute Gasteiger partial charge is 0.397 e. The van der Waals surface area contributed by atoms with Crippen molar-refractivity contribution in [3.63, 3.8) is 0 Å². The van der Waals surface area contributed by atoms with Gasteiger partial charge in [0.1, 0.15) is 6.61 Å². The molecular formula is C12H16BrF3N2O. The van der Waals surface area contributed by atoms with Crippen LogP contribution < -0.4 is 10.6 Å². The first-order chi connectivity index (χ1) is 8.79. The van der Waals surface area contributed by atoms with Crippen molar-refractivity contribution < 1.29 is 17.9 Å². The second kappa shape index (κ2) is 7.00. The summed E-state index contributed by atoms with van der Waals surface area (Å²) in [5.41, 5.74) is 7.32. The lowest BCUT2D eigenvalue weighted by Gasteiger charge is -2.21. The lowest BCUT2D eigenvalue weighted by Crippen LogP contribution is -2.22. The summed E-state index contributed by atoms with van der Waals surface area (Å²) in [5, 5.41) is 0. The van der Waals surface area contributed by atoms with Crippen molar-refractivity contribution in [3.8, 4) is 0 Å². The van der Waals surface area contributed by atoms with Gasteiger partial charge in [-0.3, -0.25) is 0 Å². The summed E-state index contributed by atoms with van der Waals surface area (Å²) in [7, 11) is 1.84. The molecule has 108 valence electrons. The van der Waals surface area contributed by atoms with Gasteiger partial charge in [-0.15, -0.1) is 0 Å². The van der Waals surface area contributed by atoms with E-state index >= 15 is 0 Å². The van der Waals surface area contributed by atoms with Crippen LogP contribution in [0, 0.1) is 0 Å². The third kappa shape index (κ3) is 6.15. The molecule has 0 fully saturated rings. The molecule has 0 unspecified atom stereocenters. The molecular weight excluding hydrogens is 325 g/mol. The Morgan fingerprint density at radius 3 is 2.63 bits per heavy atom. The molecule has 0 radical (unpaired) electrons. The quantitative estimate of drug-likeness (QED) is 0.636. The summed E-state index contributed by atoms with van der Waals surface area (Å²) in [6.07, 6.45) is -3.76. The van der Waals surface area contributed by atoms with Crippen LogP contribution in [0.4, 0.5) is 24.5 Å². The van der Waals surface area contributed by atoms with E-state index in [0.717, 1.165) is 10.2 Å². The zero-order valence-corrected chi connectivity index (χ0v) is 12.1. The van der Waals surface area contributed by atoms with E-state index in [0.29, 0.717) is 18.7 Å². The van der Waals surface area contributed by atoms with Crippen molar-refractivity contribution in [1.82, 2.24) is 0 Å². The largest absolute Gasteiger partial charge is 0.411 e. The van der Waals surface area contributed by atoms with E-state index in [1.807, 2.05) is 24.1 Å². The number of nitrogen functional groups attached to an aromatic ring is 1. The molecule has 1 aromatic carbocycles. The maximum Gasteiger partial charge on any atom is 0.411 e. The van der Waals surface area contributed by atoms with E-state index in [9.17, 15) is 13.2 Å². The van der Waals surface area contributed by atoms with Gasteiger partial charge in [-0.1, -0.05) is 15.9 Å². The Morgan fingerprint density at radius 2 is 2.05 bits per heavy atom. The fraction of sp³-hybridized carbons (Fsp3) is 0.500. The summed E-state index contributed by atoms with van der Waals surface area (Å²) in [6.45, 7) is -0.554. The lowest BCUT2D eigenvalue weighted by atomic mass is 10.2. The van der Waals surface area contributed by atoms with E-state index in [-0.39, 0.29) is 6.61 Å². The number of nitrogens with zero attached hydrogens (tertiary/aromatic N) is 1. The Balaban J connectivity index is 2.33. The zero-order chi connectivity index (χ0) is 14.5. The first kappa shape index (κ1) is 16.1. The highest BCUT2D eigenvalue weighted by atomic mass is 79.9. The van der Waals surface area contributed by atoms with Crippen molar-refractivity contribution in [2.75, 3.05) is 37.4 Å². The van der Waals surface area contributed by atoms with Gasteiger partial charge in [0, 0.05) is 24.7 Å². The Labute approximate surface area is 118 Å². The van der Waals surface area contributed by atoms with Crippen LogP contribution in [-0.2, 0) is 4.74 Å². The van der Waals surface area contributed by atoms with Crippen LogP contribution in [0.1, 0.15) is 6.42 Å². The minimum Gasteiger partial charge on any atom is -0.397 e. The van der Waals surface area contributed by atoms with Crippen LogP contribution in [0.2, 0.25) is 0 Å². The number of anilines is 2. The minimum absolute atomic E-state index is 0.0697. The Hall–Kier alpha value is -0.950. The van der Waals surface area contributed by atoms with Crippen molar-refractivity contribution in [2.45, 2.75) is 12.6 Å². The lowest BCUT2D eigenvalue weighted by molar-refractivity contribution is -0.173. The third-order valence-electron chi connectivity index (χ3n) is 2.45. The molecule has 7 heteroatoms. The van der Waals surface area contributed by atoms with Crippen LogP contribution in [-0.4, -0.2) is 33.0 Å². The molecule has 0 saturated heterocycles. The molecule has 0 aliphatic rings. The predicted molar refractivity (Wildman–Crippen MR) is 73.3 cm³/mol. The third-order valence-corrected chi connectivity index (χ3v) is 2.94. The topological polar surface area (TPSA) is 38.5 Å². The van der Waals surface area contributed by atoms with Crippen LogP contribution in [0.15, 0.2) is 22.7 Å². The summed E-state index contributed by atoms with van der Waals surface area (Å²) in [4.78, 5) is 1.89. The van der Waals surface area contributed by atoms with Gasteiger partial charge >= 0.3 is 6.18 Å². The van der Waals surface area contributed by atoms with Gasteiger partial charge in [0.05, 0.1) is 11.4 Å². The molecule has 1 rings (SSSR count). The summed E-state index contributed by atoms with van der Waals surface area (Å²) in [6, 6.07) is 5.50.